The molecule has 1 aliphatic rings. The number of rotatable bonds is 0. The van der Waals surface area contributed by atoms with Crippen LogP contribution < -0.4 is 4.72 Å². The van der Waals surface area contributed by atoms with Crippen molar-refractivity contribution in [2.24, 2.45) is 0 Å². The van der Waals surface area contributed by atoms with Gasteiger partial charge < -0.3 is 0 Å². The van der Waals surface area contributed by atoms with Crippen molar-refractivity contribution in [3.05, 3.63) is 11.0 Å². The third kappa shape index (κ3) is 8.05. The summed E-state index contributed by atoms with van der Waals surface area (Å²) in [7, 11) is 0. The summed E-state index contributed by atoms with van der Waals surface area (Å²) in [5, 5.41) is 2.12. The van der Waals surface area contributed by atoms with Gasteiger partial charge in [0.15, 0.2) is 0 Å². The molecule has 0 aliphatic carbocycles. The fourth-order valence-electron chi connectivity index (χ4n) is 0.339. The largest absolute Gasteiger partial charge is 0.256 e. The summed E-state index contributed by atoms with van der Waals surface area (Å²) >= 11 is 1.67. The van der Waals surface area contributed by atoms with Crippen LogP contribution >= 0.6 is 11.9 Å². The summed E-state index contributed by atoms with van der Waals surface area (Å²) in [6, 6.07) is 0. The van der Waals surface area contributed by atoms with Gasteiger partial charge in [0.25, 0.3) is 0 Å². The molecule has 10 heavy (non-hydrogen) atoms. The molecule has 0 fully saturated rings. The highest BCUT2D eigenvalue weighted by Crippen LogP contribution is 2.08. The van der Waals surface area contributed by atoms with E-state index in [9.17, 15) is 0 Å². The van der Waals surface area contributed by atoms with E-state index in [2.05, 4.69) is 17.1 Å². The molecule has 0 amide bonds. The summed E-state index contributed by atoms with van der Waals surface area (Å²) in [5.41, 5.74) is 1.43. The maximum Gasteiger partial charge on any atom is 0.0278 e. The van der Waals surface area contributed by atoms with Crippen LogP contribution in [0, 0.1) is 0 Å². The van der Waals surface area contributed by atoms with E-state index in [1.54, 1.807) is 11.9 Å². The van der Waals surface area contributed by atoms with Gasteiger partial charge in [0.2, 0.25) is 0 Å². The lowest BCUT2D eigenvalue weighted by atomic mass is 10.4. The zero-order chi connectivity index (χ0) is 8.41. The summed E-state index contributed by atoms with van der Waals surface area (Å²) in [5.74, 6) is 0. The van der Waals surface area contributed by atoms with Crippen LogP contribution in [0.25, 0.3) is 0 Å². The molecule has 0 aromatic carbocycles. The van der Waals surface area contributed by atoms with E-state index in [1.165, 1.54) is 5.57 Å². The summed E-state index contributed by atoms with van der Waals surface area (Å²) in [6.45, 7) is 11.2. The highest BCUT2D eigenvalue weighted by molar-refractivity contribution is 8.00. The predicted molar refractivity (Wildman–Crippen MR) is 52.0 cm³/mol. The molecular formula is C8H19NS. The second-order valence-electron chi connectivity index (χ2n) is 1.40. The fraction of sp³-hybridized carbons (Fsp3) is 0.750. The molecule has 1 nitrogen and oxygen atoms in total. The highest BCUT2D eigenvalue weighted by atomic mass is 32.2. The fourth-order valence-corrected chi connectivity index (χ4v) is 1.02. The first-order valence-electron chi connectivity index (χ1n) is 3.94. The van der Waals surface area contributed by atoms with Crippen molar-refractivity contribution in [1.29, 1.82) is 0 Å². The Morgan fingerprint density at radius 3 is 1.90 bits per heavy atom. The van der Waals surface area contributed by atoms with Crippen LogP contribution in [0.15, 0.2) is 11.0 Å². The van der Waals surface area contributed by atoms with Gasteiger partial charge in [-0.3, -0.25) is 4.72 Å². The SMILES string of the molecule is CC.CC.CC1=CSNC1. The molecule has 1 rings (SSSR count). The van der Waals surface area contributed by atoms with Crippen LogP contribution in [0.3, 0.4) is 0 Å². The van der Waals surface area contributed by atoms with E-state index in [-0.39, 0.29) is 0 Å². The normalized spacial score (nSPS) is 13.9. The number of hydrogen-bond donors (Lipinski definition) is 1. The van der Waals surface area contributed by atoms with E-state index in [0.717, 1.165) is 6.54 Å². The lowest BCUT2D eigenvalue weighted by Gasteiger charge is -1.81. The molecule has 0 atom stereocenters. The van der Waals surface area contributed by atoms with Gasteiger partial charge in [-0.05, 0) is 12.3 Å². The Labute approximate surface area is 69.4 Å². The number of nitrogens with one attached hydrogen (secondary N) is 1. The molecule has 0 spiro atoms. The van der Waals surface area contributed by atoms with Gasteiger partial charge in [-0.2, -0.15) is 0 Å². The molecule has 1 N–H and O–H groups in total. The Balaban J connectivity index is 0. The minimum Gasteiger partial charge on any atom is -0.256 e. The zero-order valence-corrected chi connectivity index (χ0v) is 8.51. The van der Waals surface area contributed by atoms with Gasteiger partial charge in [0.1, 0.15) is 0 Å². The topological polar surface area (TPSA) is 12.0 Å². The lowest BCUT2D eigenvalue weighted by Crippen LogP contribution is -1.96. The first kappa shape index (κ1) is 12.7. The Kier molecular flexibility index (Phi) is 15.0. The van der Waals surface area contributed by atoms with Crippen LogP contribution in [-0.4, -0.2) is 6.54 Å². The van der Waals surface area contributed by atoms with E-state index >= 15 is 0 Å². The van der Waals surface area contributed by atoms with Crippen molar-refractivity contribution in [2.75, 3.05) is 6.54 Å². The quantitative estimate of drug-likeness (QED) is 0.548. The Bertz CT molecular complexity index is 79.3. The minimum atomic E-state index is 1.06. The van der Waals surface area contributed by atoms with Crippen molar-refractivity contribution in [3.63, 3.8) is 0 Å². The van der Waals surface area contributed by atoms with Crippen molar-refractivity contribution >= 4 is 11.9 Å². The molecular weight excluding hydrogens is 142 g/mol. The van der Waals surface area contributed by atoms with Crippen LogP contribution in [0.1, 0.15) is 34.6 Å². The maximum atomic E-state index is 3.10. The van der Waals surface area contributed by atoms with Gasteiger partial charge in [-0.1, -0.05) is 45.2 Å². The molecule has 0 saturated heterocycles. The molecule has 1 aliphatic heterocycles. The van der Waals surface area contributed by atoms with Crippen molar-refractivity contribution in [1.82, 2.24) is 4.72 Å². The molecule has 0 aromatic heterocycles. The van der Waals surface area contributed by atoms with Gasteiger partial charge >= 0.3 is 0 Å². The van der Waals surface area contributed by atoms with Gasteiger partial charge in [0.05, 0.1) is 0 Å². The van der Waals surface area contributed by atoms with Gasteiger partial charge in [-0.15, -0.1) is 0 Å². The van der Waals surface area contributed by atoms with E-state index < -0.39 is 0 Å². The van der Waals surface area contributed by atoms with Crippen LogP contribution in [0.5, 0.6) is 0 Å². The highest BCUT2D eigenvalue weighted by Gasteiger charge is 1.94. The number of hydrogen-bond acceptors (Lipinski definition) is 2. The molecule has 1 heterocycles. The summed E-state index contributed by atoms with van der Waals surface area (Å²) < 4.78 is 3.10. The van der Waals surface area contributed by atoms with Crippen molar-refractivity contribution in [2.45, 2.75) is 34.6 Å². The smallest absolute Gasteiger partial charge is 0.0278 e. The van der Waals surface area contributed by atoms with Crippen molar-refractivity contribution in [3.8, 4) is 0 Å². The third-order valence-electron chi connectivity index (χ3n) is 0.694. The molecule has 0 saturated carbocycles. The van der Waals surface area contributed by atoms with Crippen LogP contribution in [0.2, 0.25) is 0 Å². The molecule has 2 heteroatoms. The first-order valence-corrected chi connectivity index (χ1v) is 4.82. The zero-order valence-electron chi connectivity index (χ0n) is 7.69. The maximum absolute atomic E-state index is 3.10. The molecule has 0 radical (unpaired) electrons. The molecule has 0 aromatic rings. The third-order valence-corrected chi connectivity index (χ3v) is 1.53. The molecule has 0 unspecified atom stereocenters. The summed E-state index contributed by atoms with van der Waals surface area (Å²) in [4.78, 5) is 0. The first-order chi connectivity index (χ1) is 4.89. The Morgan fingerprint density at radius 1 is 1.30 bits per heavy atom. The van der Waals surface area contributed by atoms with E-state index in [0.29, 0.717) is 0 Å². The monoisotopic (exact) mass is 161 g/mol. The Hall–Kier alpha value is 0.0500. The molecule has 0 bridgehead atoms. The van der Waals surface area contributed by atoms with E-state index in [4.69, 9.17) is 0 Å². The van der Waals surface area contributed by atoms with E-state index in [1.807, 2.05) is 27.7 Å². The average molecular weight is 161 g/mol. The minimum absolute atomic E-state index is 1.06. The Morgan fingerprint density at radius 2 is 1.80 bits per heavy atom. The van der Waals surface area contributed by atoms with Crippen LogP contribution in [-0.2, 0) is 0 Å². The molecule has 62 valence electrons. The van der Waals surface area contributed by atoms with Gasteiger partial charge in [0, 0.05) is 6.54 Å². The standard InChI is InChI=1S/C4H7NS.2C2H6/c1-4-2-5-6-3-4;2*1-2/h3,5H,2H2,1H3;2*1-2H3. The summed E-state index contributed by atoms with van der Waals surface area (Å²) in [6.07, 6.45) is 0. The average Bonchev–Trinajstić information content (AvgIpc) is 2.48. The predicted octanol–water partition coefficient (Wildman–Crippen LogP) is 3.19. The van der Waals surface area contributed by atoms with Crippen molar-refractivity contribution < 1.29 is 0 Å². The van der Waals surface area contributed by atoms with Crippen LogP contribution in [0.4, 0.5) is 0 Å². The lowest BCUT2D eigenvalue weighted by molar-refractivity contribution is 1.08. The second kappa shape index (κ2) is 11.8. The van der Waals surface area contributed by atoms with Gasteiger partial charge in [-0.25, -0.2) is 0 Å². The second-order valence-corrected chi connectivity index (χ2v) is 2.16.